The highest BCUT2D eigenvalue weighted by Crippen LogP contribution is 2.71. The topological polar surface area (TPSA) is 29.5 Å². The van der Waals surface area contributed by atoms with Crippen LogP contribution in [0.3, 0.4) is 0 Å². The summed E-state index contributed by atoms with van der Waals surface area (Å²) >= 11 is 0. The third kappa shape index (κ3) is 12.8. The number of rotatable bonds is 30. The molecule has 0 unspecified atom stereocenters. The van der Waals surface area contributed by atoms with E-state index < -0.39 is 10.8 Å². The highest BCUT2D eigenvalue weighted by Gasteiger charge is 2.58. The molecule has 0 saturated heterocycles. The van der Waals surface area contributed by atoms with Crippen molar-refractivity contribution in [3.8, 4) is 111 Å². The van der Waals surface area contributed by atoms with Crippen LogP contribution in [-0.4, -0.2) is 0 Å². The molecule has 0 N–H and O–H groups in total. The molecular weight excluding hydrogens is 1690 g/mol. The summed E-state index contributed by atoms with van der Waals surface area (Å²) in [6.45, 7) is 14.4. The van der Waals surface area contributed by atoms with E-state index in [1.807, 2.05) is 0 Å². The third-order valence-electron chi connectivity index (χ3n) is 34.9. The minimum atomic E-state index is -0.728. The Morgan fingerprint density at radius 1 is 0.207 bits per heavy atom. The Morgan fingerprint density at radius 2 is 0.564 bits per heavy atom. The van der Waals surface area contributed by atoms with Crippen LogP contribution >= 0.6 is 0 Å². The van der Waals surface area contributed by atoms with E-state index >= 15 is 0 Å². The molecule has 26 rings (SSSR count). The predicted octanol–water partition coefficient (Wildman–Crippen LogP) is 38.9. The van der Waals surface area contributed by atoms with E-state index in [9.17, 15) is 0 Å². The van der Waals surface area contributed by atoms with Crippen molar-refractivity contribution < 1.29 is 8.83 Å². The summed E-state index contributed by atoms with van der Waals surface area (Å²) in [5.74, 6) is 0. The van der Waals surface area contributed by atoms with E-state index in [1.165, 1.54) is 323 Å². The smallest absolute Gasteiger partial charge is 0.143 e. The third-order valence-corrected chi connectivity index (χ3v) is 34.9. The van der Waals surface area contributed by atoms with Gasteiger partial charge in [-0.1, -0.05) is 425 Å². The molecular formula is C137H123NO2. The van der Waals surface area contributed by atoms with E-state index in [2.05, 4.69) is 392 Å². The Kier molecular flexibility index (Phi) is 21.2. The average molecular weight is 1820 g/mol. The molecule has 0 fully saturated rings. The number of unbranched alkanes of at least 4 members (excludes halogenated alkanes) is 16. The molecule has 2 aromatic heterocycles. The fourth-order valence-electron chi connectivity index (χ4n) is 28.4. The van der Waals surface area contributed by atoms with Gasteiger partial charge < -0.3 is 13.7 Å². The zero-order valence-corrected chi connectivity index (χ0v) is 82.1. The number of hydrogen-bond donors (Lipinski definition) is 0. The molecule has 688 valence electrons. The number of anilines is 3. The van der Waals surface area contributed by atoms with Crippen molar-refractivity contribution in [2.75, 3.05) is 4.90 Å². The van der Waals surface area contributed by atoms with Crippen LogP contribution in [0.1, 0.15) is 274 Å². The molecule has 3 heteroatoms. The summed E-state index contributed by atoms with van der Waals surface area (Å²) in [7, 11) is 0. The minimum absolute atomic E-state index is 0.00768. The first-order valence-electron chi connectivity index (χ1n) is 53.3. The van der Waals surface area contributed by atoms with Gasteiger partial charge in [0.2, 0.25) is 0 Å². The Balaban J connectivity index is 0.649. The zero-order chi connectivity index (χ0) is 93.7. The predicted molar refractivity (Wildman–Crippen MR) is 588 cm³/mol. The molecule has 3 nitrogen and oxygen atoms in total. The summed E-state index contributed by atoms with van der Waals surface area (Å²) < 4.78 is 14.6. The lowest BCUT2D eigenvalue weighted by molar-refractivity contribution is 0.399. The first kappa shape index (κ1) is 86.5. The maximum Gasteiger partial charge on any atom is 0.143 e. The largest absolute Gasteiger partial charge is 0.456 e. The molecule has 0 amide bonds. The van der Waals surface area contributed by atoms with Crippen molar-refractivity contribution in [1.29, 1.82) is 0 Å². The van der Waals surface area contributed by atoms with Gasteiger partial charge in [0, 0.05) is 60.4 Å². The van der Waals surface area contributed by atoms with Gasteiger partial charge in [0.15, 0.2) is 0 Å². The Morgan fingerprint density at radius 3 is 1.12 bits per heavy atom. The van der Waals surface area contributed by atoms with Crippen molar-refractivity contribution >= 4 is 60.9 Å². The van der Waals surface area contributed by atoms with Crippen molar-refractivity contribution in [3.05, 3.63) is 424 Å². The van der Waals surface area contributed by atoms with E-state index in [-0.39, 0.29) is 16.2 Å². The maximum absolute atomic E-state index is 7.61. The van der Waals surface area contributed by atoms with Crippen LogP contribution < -0.4 is 4.90 Å². The van der Waals surface area contributed by atoms with E-state index in [4.69, 9.17) is 8.83 Å². The van der Waals surface area contributed by atoms with Gasteiger partial charge in [-0.2, -0.15) is 0 Å². The first-order valence-corrected chi connectivity index (χ1v) is 53.3. The maximum atomic E-state index is 7.61. The first-order chi connectivity index (χ1) is 69.0. The quantitative estimate of drug-likeness (QED) is 0.0420. The summed E-state index contributed by atoms with van der Waals surface area (Å²) in [5, 5.41) is 4.74. The van der Waals surface area contributed by atoms with E-state index in [1.54, 1.807) is 11.1 Å². The molecule has 7 aliphatic carbocycles. The van der Waals surface area contributed by atoms with Crippen molar-refractivity contribution in [3.63, 3.8) is 0 Å². The summed E-state index contributed by atoms with van der Waals surface area (Å²) in [5.41, 5.74) is 50.4. The molecule has 0 atom stereocenters. The van der Waals surface area contributed by atoms with Gasteiger partial charge in [-0.3, -0.25) is 0 Å². The highest BCUT2D eigenvalue weighted by molar-refractivity contribution is 6.20. The molecule has 140 heavy (non-hydrogen) atoms. The summed E-state index contributed by atoms with van der Waals surface area (Å²) in [4.78, 5) is 2.65. The number of hydrogen-bond acceptors (Lipinski definition) is 3. The van der Waals surface area contributed by atoms with Gasteiger partial charge >= 0.3 is 0 Å². The van der Waals surface area contributed by atoms with Crippen LogP contribution in [0.4, 0.5) is 17.1 Å². The molecule has 2 spiro atoms. The summed E-state index contributed by atoms with van der Waals surface area (Å²) in [6, 6.07) is 136. The lowest BCUT2D eigenvalue weighted by Gasteiger charge is -2.35. The fourth-order valence-corrected chi connectivity index (χ4v) is 28.4. The van der Waals surface area contributed by atoms with Crippen LogP contribution in [0.25, 0.3) is 155 Å². The molecule has 17 aromatic carbocycles. The molecule has 0 saturated carbocycles. The number of para-hydroxylation sites is 2. The lowest BCUT2D eigenvalue weighted by atomic mass is 9.68. The van der Waals surface area contributed by atoms with Crippen LogP contribution in [0, 0.1) is 0 Å². The molecule has 19 aromatic rings. The van der Waals surface area contributed by atoms with Gasteiger partial charge in [0.25, 0.3) is 0 Å². The molecule has 7 aliphatic rings. The van der Waals surface area contributed by atoms with Crippen LogP contribution in [0.15, 0.2) is 355 Å². The number of benzene rings is 17. The van der Waals surface area contributed by atoms with Gasteiger partial charge in [0.1, 0.15) is 22.3 Å². The van der Waals surface area contributed by atoms with Crippen molar-refractivity contribution in [2.24, 2.45) is 0 Å². The average Bonchev–Trinajstić information content (AvgIpc) is 1.48. The second kappa shape index (κ2) is 34.3. The van der Waals surface area contributed by atoms with E-state index in [0.717, 1.165) is 70.5 Å². The van der Waals surface area contributed by atoms with Crippen LogP contribution in [-0.2, 0) is 27.1 Å². The summed E-state index contributed by atoms with van der Waals surface area (Å²) in [6.07, 6.45) is 29.4. The molecule has 0 bridgehead atoms. The SMILES string of the molecule is CCCCCCCC1(CCCCCCC)c2ccccc2-c2ccc(-c3ccc4c(c3)C(C)(C)c3cc(-c5cc6c(c7c5oc5ccccc57)-c5ccc(N(c7ccc(-c8ccccc8)cc7)c7ccc8c(c7)C7(c9ccccc9-c9ccccc97)c7cc9c(cc7-8)C7(c8ccccc8-c8ccccc87)c7ccc8oc%10ccccc%10c8c7-9)cc5C6(CCCCCCC)CCCCCCC)ccc3-4)cc21. The van der Waals surface area contributed by atoms with Crippen LogP contribution in [0.2, 0.25) is 0 Å². The Bertz CT molecular complexity index is 8060. The van der Waals surface area contributed by atoms with Gasteiger partial charge in [0.05, 0.1) is 10.8 Å². The highest BCUT2D eigenvalue weighted by atomic mass is 16.3. The lowest BCUT2D eigenvalue weighted by Crippen LogP contribution is -2.27. The second-order valence-corrected chi connectivity index (χ2v) is 42.7. The molecule has 0 radical (unpaired) electrons. The van der Waals surface area contributed by atoms with Gasteiger partial charge in [-0.25, -0.2) is 0 Å². The van der Waals surface area contributed by atoms with Crippen molar-refractivity contribution in [1.82, 2.24) is 0 Å². The minimum Gasteiger partial charge on any atom is -0.456 e. The Labute approximate surface area is 826 Å². The monoisotopic (exact) mass is 1810 g/mol. The van der Waals surface area contributed by atoms with Gasteiger partial charge in [-0.15, -0.1) is 0 Å². The standard InChI is InChI=1S/C137H123NO2/c1-7-11-15-19-40-76-134(77-41-20-16-12-8-2)111-53-33-26-46-96(111)103-70-63-91(81-119(103)134)90-62-69-101-102-71-64-92(82-118(102)133(5,6)117(101)80-90)108-85-124-128(131-107-52-32-39-59-126(107)140-132(108)131)105-73-68-94(83-120(105)135(124,78-42-21-17-13-9-3)79-43-22-18-14-10-4)138(93-65-60-89(61-66-93)88-44-24-23-25-45-88)95-67-72-104-109-86-123-110(87-122(109)137(121(104)84-95)114-56-36-29-49-99(114)100-50-30-37-57-115(100)137)129-116(74-75-127-130(129)106-51-31-38-58-125(106)139-127)136(123)112-54-34-27-47-97(112)98-48-28-35-55-113(98)136/h23-39,44-75,80-87H,7-22,40-43,76-79H2,1-6H3. The fraction of sp³-hybridized carbons (Fsp3) is 0.255. The number of nitrogens with zero attached hydrogens (tertiary/aromatic N) is 1. The molecule has 0 aliphatic heterocycles. The van der Waals surface area contributed by atoms with Gasteiger partial charge in [-0.05, 0) is 300 Å². The van der Waals surface area contributed by atoms with Crippen molar-refractivity contribution in [2.45, 2.75) is 223 Å². The number of furan rings is 2. The van der Waals surface area contributed by atoms with E-state index in [0.29, 0.717) is 0 Å². The number of fused-ring (bicyclic) bond motifs is 37. The zero-order valence-electron chi connectivity index (χ0n) is 82.1. The second-order valence-electron chi connectivity index (χ2n) is 42.7. The Hall–Kier alpha value is -13.9. The van der Waals surface area contributed by atoms with Crippen LogP contribution in [0.5, 0.6) is 0 Å². The normalized spacial score (nSPS) is 14.9. The molecule has 2 heterocycles.